The fourth-order valence-corrected chi connectivity index (χ4v) is 1.82. The predicted molar refractivity (Wildman–Crippen MR) is 53.2 cm³/mol. The molecule has 0 unspecified atom stereocenters. The van der Waals surface area contributed by atoms with Crippen molar-refractivity contribution in [1.29, 1.82) is 0 Å². The Kier molecular flexibility index (Phi) is 3.76. The van der Waals surface area contributed by atoms with Gasteiger partial charge < -0.3 is 4.90 Å². The molecule has 0 aliphatic carbocycles. The van der Waals surface area contributed by atoms with Crippen molar-refractivity contribution in [2.75, 3.05) is 31.6 Å². The highest BCUT2D eigenvalue weighted by Gasteiger charge is 2.09. The van der Waals surface area contributed by atoms with Crippen LogP contribution in [0.5, 0.6) is 0 Å². The average Bonchev–Trinajstić information content (AvgIpc) is 2.26. The lowest BCUT2D eigenvalue weighted by Gasteiger charge is -2.18. The summed E-state index contributed by atoms with van der Waals surface area (Å²) in [5.74, 6) is 6.32. The van der Waals surface area contributed by atoms with Crippen LogP contribution in [0.2, 0.25) is 0 Å². The van der Waals surface area contributed by atoms with Gasteiger partial charge in [0.25, 0.3) is 0 Å². The van der Waals surface area contributed by atoms with Crippen molar-refractivity contribution >= 4 is 9.84 Å². The predicted octanol–water partition coefficient (Wildman–Crippen LogP) is 0.130. The van der Waals surface area contributed by atoms with Gasteiger partial charge in [0, 0.05) is 38.7 Å². The summed E-state index contributed by atoms with van der Waals surface area (Å²) < 4.78 is 21.8. The molecule has 0 spiro atoms. The summed E-state index contributed by atoms with van der Waals surface area (Å²) in [4.78, 5) is 2.15. The molecule has 1 aliphatic rings. The lowest BCUT2D eigenvalue weighted by Crippen LogP contribution is -2.30. The van der Waals surface area contributed by atoms with Gasteiger partial charge in [-0.2, -0.15) is 0 Å². The third kappa shape index (κ3) is 4.91. The van der Waals surface area contributed by atoms with Crippen LogP contribution in [0.25, 0.3) is 0 Å². The minimum atomic E-state index is -2.82. The van der Waals surface area contributed by atoms with Crippen LogP contribution >= 0.6 is 0 Å². The van der Waals surface area contributed by atoms with E-state index in [1.807, 2.05) is 0 Å². The summed E-state index contributed by atoms with van der Waals surface area (Å²) in [6, 6.07) is 0. The molecule has 1 rings (SSSR count). The van der Waals surface area contributed by atoms with Crippen LogP contribution < -0.4 is 0 Å². The molecule has 0 bridgehead atoms. The maximum atomic E-state index is 10.9. The number of hydrogen-bond donors (Lipinski definition) is 0. The summed E-state index contributed by atoms with van der Waals surface area (Å²) in [6.07, 6.45) is 3.01. The molecule has 3 nitrogen and oxygen atoms in total. The standard InChI is InChI=1S/C9H15NO2S/c1-13(11,12)9-8-10-6-4-2-3-5-7-10/h4-9H2,1H3. The van der Waals surface area contributed by atoms with E-state index >= 15 is 0 Å². The Morgan fingerprint density at radius 3 is 2.23 bits per heavy atom. The lowest BCUT2D eigenvalue weighted by atomic mass is 10.4. The summed E-state index contributed by atoms with van der Waals surface area (Å²) in [7, 11) is -2.82. The second-order valence-electron chi connectivity index (χ2n) is 3.33. The molecular formula is C9H15NO2S. The first-order valence-corrected chi connectivity index (χ1v) is 6.50. The van der Waals surface area contributed by atoms with Crippen molar-refractivity contribution in [3.8, 4) is 11.8 Å². The summed E-state index contributed by atoms with van der Waals surface area (Å²) in [5.41, 5.74) is 0. The van der Waals surface area contributed by atoms with E-state index in [9.17, 15) is 8.42 Å². The third-order valence-corrected chi connectivity index (χ3v) is 2.93. The number of rotatable bonds is 3. The number of nitrogens with zero attached hydrogens (tertiary/aromatic N) is 1. The van der Waals surface area contributed by atoms with Gasteiger partial charge in [-0.3, -0.25) is 0 Å². The van der Waals surface area contributed by atoms with E-state index in [1.165, 1.54) is 6.26 Å². The van der Waals surface area contributed by atoms with E-state index in [4.69, 9.17) is 0 Å². The van der Waals surface area contributed by atoms with Gasteiger partial charge >= 0.3 is 0 Å². The molecule has 0 aromatic carbocycles. The van der Waals surface area contributed by atoms with E-state index in [2.05, 4.69) is 16.7 Å². The van der Waals surface area contributed by atoms with Crippen LogP contribution in [0.1, 0.15) is 12.8 Å². The molecule has 0 amide bonds. The Morgan fingerprint density at radius 1 is 1.23 bits per heavy atom. The van der Waals surface area contributed by atoms with Crippen molar-refractivity contribution in [2.24, 2.45) is 0 Å². The SMILES string of the molecule is CS(=O)(=O)CCN1CCC#CCC1. The van der Waals surface area contributed by atoms with Crippen molar-refractivity contribution < 1.29 is 8.42 Å². The third-order valence-electron chi connectivity index (χ3n) is 2.01. The molecule has 0 saturated carbocycles. The van der Waals surface area contributed by atoms with Gasteiger partial charge in [0.2, 0.25) is 0 Å². The molecule has 0 atom stereocenters. The van der Waals surface area contributed by atoms with Gasteiger partial charge in [0.15, 0.2) is 0 Å². The van der Waals surface area contributed by atoms with Crippen LogP contribution in [0, 0.1) is 11.8 Å². The highest BCUT2D eigenvalue weighted by molar-refractivity contribution is 7.90. The second kappa shape index (κ2) is 4.64. The zero-order chi connectivity index (χ0) is 9.73. The molecule has 0 radical (unpaired) electrons. The quantitative estimate of drug-likeness (QED) is 0.609. The Labute approximate surface area is 80.0 Å². The van der Waals surface area contributed by atoms with Crippen LogP contribution in [-0.2, 0) is 9.84 Å². The van der Waals surface area contributed by atoms with E-state index in [0.29, 0.717) is 6.54 Å². The monoisotopic (exact) mass is 201 g/mol. The molecule has 0 N–H and O–H groups in total. The van der Waals surface area contributed by atoms with Gasteiger partial charge in [-0.05, 0) is 0 Å². The van der Waals surface area contributed by atoms with Crippen molar-refractivity contribution in [3.63, 3.8) is 0 Å². The molecule has 1 aliphatic heterocycles. The molecule has 4 heteroatoms. The first-order chi connectivity index (χ1) is 6.08. The highest BCUT2D eigenvalue weighted by atomic mass is 32.2. The van der Waals surface area contributed by atoms with Gasteiger partial charge in [-0.1, -0.05) is 0 Å². The highest BCUT2D eigenvalue weighted by Crippen LogP contribution is 1.98. The molecule has 0 fully saturated rings. The van der Waals surface area contributed by atoms with E-state index in [0.717, 1.165) is 25.9 Å². The molecule has 13 heavy (non-hydrogen) atoms. The zero-order valence-corrected chi connectivity index (χ0v) is 8.73. The second-order valence-corrected chi connectivity index (χ2v) is 5.58. The Morgan fingerprint density at radius 2 is 1.77 bits per heavy atom. The Balaban J connectivity index is 2.30. The zero-order valence-electron chi connectivity index (χ0n) is 7.91. The van der Waals surface area contributed by atoms with Crippen LogP contribution in [-0.4, -0.2) is 45.0 Å². The smallest absolute Gasteiger partial charge is 0.148 e. The first kappa shape index (κ1) is 10.6. The van der Waals surface area contributed by atoms with Crippen molar-refractivity contribution in [3.05, 3.63) is 0 Å². The number of hydrogen-bond acceptors (Lipinski definition) is 3. The van der Waals surface area contributed by atoms with Gasteiger partial charge in [0.05, 0.1) is 5.75 Å². The fourth-order valence-electron chi connectivity index (χ4n) is 1.24. The maximum absolute atomic E-state index is 10.9. The minimum absolute atomic E-state index is 0.257. The normalized spacial score (nSPS) is 18.8. The fraction of sp³-hybridized carbons (Fsp3) is 0.778. The first-order valence-electron chi connectivity index (χ1n) is 4.44. The molecule has 0 saturated heterocycles. The van der Waals surface area contributed by atoms with Gasteiger partial charge in [-0.15, -0.1) is 11.8 Å². The average molecular weight is 201 g/mol. The summed E-state index contributed by atoms with van der Waals surface area (Å²) in [6.45, 7) is 2.45. The van der Waals surface area contributed by atoms with Crippen LogP contribution in [0.4, 0.5) is 0 Å². The van der Waals surface area contributed by atoms with Crippen molar-refractivity contribution in [1.82, 2.24) is 4.90 Å². The van der Waals surface area contributed by atoms with E-state index in [1.54, 1.807) is 0 Å². The summed E-state index contributed by atoms with van der Waals surface area (Å²) >= 11 is 0. The lowest BCUT2D eigenvalue weighted by molar-refractivity contribution is 0.307. The number of sulfone groups is 1. The largest absolute Gasteiger partial charge is 0.300 e. The Hall–Kier alpha value is -0.530. The molecule has 0 aromatic rings. The summed E-state index contributed by atoms with van der Waals surface area (Å²) in [5, 5.41) is 0. The maximum Gasteiger partial charge on any atom is 0.148 e. The molecule has 74 valence electrons. The Bertz CT molecular complexity index is 298. The van der Waals surface area contributed by atoms with Crippen LogP contribution in [0.15, 0.2) is 0 Å². The molecule has 1 heterocycles. The molecule has 0 aromatic heterocycles. The topological polar surface area (TPSA) is 37.4 Å². The van der Waals surface area contributed by atoms with Gasteiger partial charge in [-0.25, -0.2) is 8.42 Å². The van der Waals surface area contributed by atoms with Crippen molar-refractivity contribution in [2.45, 2.75) is 12.8 Å². The van der Waals surface area contributed by atoms with Crippen LogP contribution in [0.3, 0.4) is 0 Å². The van der Waals surface area contributed by atoms with E-state index in [-0.39, 0.29) is 5.75 Å². The van der Waals surface area contributed by atoms with Gasteiger partial charge in [0.1, 0.15) is 9.84 Å². The molecular weight excluding hydrogens is 186 g/mol. The van der Waals surface area contributed by atoms with E-state index < -0.39 is 9.84 Å². The minimum Gasteiger partial charge on any atom is -0.300 e.